The molecular weight excluding hydrogens is 290 g/mol. The Bertz CT molecular complexity index is 416. The second kappa shape index (κ2) is 9.64. The lowest BCUT2D eigenvalue weighted by atomic mass is 10.1. The summed E-state index contributed by atoms with van der Waals surface area (Å²) in [6.45, 7) is 3.89. The Balaban J connectivity index is 0.00000220. The zero-order chi connectivity index (χ0) is 14.2. The highest BCUT2D eigenvalue weighted by molar-refractivity contribution is 5.89. The average molecular weight is 314 g/mol. The molecule has 0 aliphatic carbocycles. The molecule has 0 unspecified atom stereocenters. The molecule has 0 atom stereocenters. The lowest BCUT2D eigenvalue weighted by Gasteiger charge is -2.26. The van der Waals surface area contributed by atoms with Crippen molar-refractivity contribution in [3.63, 3.8) is 0 Å². The number of halogens is 1. The lowest BCUT2D eigenvalue weighted by molar-refractivity contribution is 0.0485. The number of rotatable bonds is 6. The van der Waals surface area contributed by atoms with Crippen molar-refractivity contribution < 1.29 is 14.3 Å². The van der Waals surface area contributed by atoms with Gasteiger partial charge in [-0.1, -0.05) is 6.42 Å². The molecule has 1 aliphatic rings. The monoisotopic (exact) mass is 313 g/mol. The Morgan fingerprint density at radius 2 is 1.81 bits per heavy atom. The van der Waals surface area contributed by atoms with Crippen LogP contribution < -0.4 is 4.74 Å². The molecule has 118 valence electrons. The Kier molecular flexibility index (Phi) is 8.16. The van der Waals surface area contributed by atoms with Crippen LogP contribution in [-0.4, -0.2) is 44.2 Å². The first-order valence-electron chi connectivity index (χ1n) is 7.33. The smallest absolute Gasteiger partial charge is 0.338 e. The Hall–Kier alpha value is -1.26. The van der Waals surface area contributed by atoms with Crippen LogP contribution in [0.1, 0.15) is 36.0 Å². The lowest BCUT2D eigenvalue weighted by Crippen LogP contribution is -2.31. The highest BCUT2D eigenvalue weighted by Crippen LogP contribution is 2.12. The third-order valence-corrected chi connectivity index (χ3v) is 3.63. The van der Waals surface area contributed by atoms with E-state index >= 15 is 0 Å². The number of benzene rings is 1. The first-order chi connectivity index (χ1) is 9.79. The summed E-state index contributed by atoms with van der Waals surface area (Å²) in [5.41, 5.74) is 0.573. The van der Waals surface area contributed by atoms with Crippen LogP contribution in [0, 0.1) is 0 Å². The zero-order valence-corrected chi connectivity index (χ0v) is 13.4. The van der Waals surface area contributed by atoms with Crippen LogP contribution in [0.2, 0.25) is 0 Å². The predicted molar refractivity (Wildman–Crippen MR) is 85.4 cm³/mol. The number of ether oxygens (including phenoxy) is 2. The van der Waals surface area contributed by atoms with E-state index in [0.29, 0.717) is 12.2 Å². The van der Waals surface area contributed by atoms with Crippen molar-refractivity contribution in [1.29, 1.82) is 0 Å². The average Bonchev–Trinajstić information content (AvgIpc) is 2.52. The van der Waals surface area contributed by atoms with E-state index in [2.05, 4.69) is 4.90 Å². The minimum absolute atomic E-state index is 0. The second-order valence-corrected chi connectivity index (χ2v) is 5.12. The van der Waals surface area contributed by atoms with E-state index in [1.54, 1.807) is 31.4 Å². The van der Waals surface area contributed by atoms with Crippen molar-refractivity contribution >= 4 is 18.4 Å². The maximum Gasteiger partial charge on any atom is 0.338 e. The number of hydrogen-bond acceptors (Lipinski definition) is 4. The number of carbonyl (C=O) groups is 1. The summed E-state index contributed by atoms with van der Waals surface area (Å²) in [5, 5.41) is 0. The zero-order valence-electron chi connectivity index (χ0n) is 12.5. The predicted octanol–water partition coefficient (Wildman–Crippen LogP) is 3.15. The maximum atomic E-state index is 11.8. The molecule has 0 radical (unpaired) electrons. The van der Waals surface area contributed by atoms with Crippen LogP contribution in [0.25, 0.3) is 0 Å². The number of methoxy groups -OCH3 is 1. The van der Waals surface area contributed by atoms with Crippen molar-refractivity contribution in [3.05, 3.63) is 29.8 Å². The van der Waals surface area contributed by atoms with Gasteiger partial charge < -0.3 is 14.4 Å². The standard InChI is InChI=1S/C16H23NO3.ClH/c1-19-15-8-6-14(7-9-15)16(18)20-13-5-12-17-10-3-2-4-11-17;/h6-9H,2-5,10-13H2,1H3;1H. The molecule has 5 heteroatoms. The molecule has 1 fully saturated rings. The van der Waals surface area contributed by atoms with Crippen LogP contribution in [-0.2, 0) is 4.74 Å². The SMILES string of the molecule is COc1ccc(C(=O)OCCCN2CCCCC2)cc1.Cl. The summed E-state index contributed by atoms with van der Waals surface area (Å²) in [7, 11) is 1.61. The summed E-state index contributed by atoms with van der Waals surface area (Å²) in [5.74, 6) is 0.484. The van der Waals surface area contributed by atoms with Gasteiger partial charge in [-0.15, -0.1) is 12.4 Å². The van der Waals surface area contributed by atoms with Gasteiger partial charge in [0.2, 0.25) is 0 Å². The van der Waals surface area contributed by atoms with Gasteiger partial charge in [0.25, 0.3) is 0 Å². The quantitative estimate of drug-likeness (QED) is 0.597. The van der Waals surface area contributed by atoms with Gasteiger partial charge in [0.15, 0.2) is 0 Å². The highest BCUT2D eigenvalue weighted by Gasteiger charge is 2.10. The van der Waals surface area contributed by atoms with E-state index in [1.165, 1.54) is 32.4 Å². The molecule has 0 aromatic heterocycles. The van der Waals surface area contributed by atoms with Gasteiger partial charge in [-0.2, -0.15) is 0 Å². The largest absolute Gasteiger partial charge is 0.497 e. The molecule has 4 nitrogen and oxygen atoms in total. The number of esters is 1. The van der Waals surface area contributed by atoms with Gasteiger partial charge in [-0.25, -0.2) is 4.79 Å². The minimum Gasteiger partial charge on any atom is -0.497 e. The molecule has 0 amide bonds. The van der Waals surface area contributed by atoms with Crippen LogP contribution in [0.4, 0.5) is 0 Å². The molecular formula is C16H24ClNO3. The number of likely N-dealkylation sites (tertiary alicyclic amines) is 1. The van der Waals surface area contributed by atoms with E-state index in [1.807, 2.05) is 0 Å². The Labute approximate surface area is 132 Å². The molecule has 1 saturated heterocycles. The minimum atomic E-state index is -0.258. The third kappa shape index (κ3) is 5.94. The molecule has 0 N–H and O–H groups in total. The topological polar surface area (TPSA) is 38.8 Å². The Morgan fingerprint density at radius 1 is 1.14 bits per heavy atom. The Morgan fingerprint density at radius 3 is 2.43 bits per heavy atom. The first-order valence-corrected chi connectivity index (χ1v) is 7.33. The van der Waals surface area contributed by atoms with Crippen LogP contribution in [0.5, 0.6) is 5.75 Å². The van der Waals surface area contributed by atoms with Crippen molar-refractivity contribution in [2.75, 3.05) is 33.4 Å². The fourth-order valence-corrected chi connectivity index (χ4v) is 2.45. The van der Waals surface area contributed by atoms with Gasteiger partial charge in [0, 0.05) is 6.54 Å². The summed E-state index contributed by atoms with van der Waals surface area (Å²) < 4.78 is 10.3. The summed E-state index contributed by atoms with van der Waals surface area (Å²) in [6.07, 6.45) is 4.85. The molecule has 1 aromatic rings. The van der Waals surface area contributed by atoms with Gasteiger partial charge >= 0.3 is 5.97 Å². The highest BCUT2D eigenvalue weighted by atomic mass is 35.5. The van der Waals surface area contributed by atoms with Crippen molar-refractivity contribution in [2.24, 2.45) is 0 Å². The molecule has 0 spiro atoms. The van der Waals surface area contributed by atoms with E-state index in [4.69, 9.17) is 9.47 Å². The number of carbonyl (C=O) groups excluding carboxylic acids is 1. The van der Waals surface area contributed by atoms with Crippen molar-refractivity contribution in [1.82, 2.24) is 4.90 Å². The number of hydrogen-bond donors (Lipinski definition) is 0. The molecule has 21 heavy (non-hydrogen) atoms. The van der Waals surface area contributed by atoms with Gasteiger partial charge in [0.1, 0.15) is 5.75 Å². The second-order valence-electron chi connectivity index (χ2n) is 5.12. The van der Waals surface area contributed by atoms with E-state index < -0.39 is 0 Å². The molecule has 1 aliphatic heterocycles. The fourth-order valence-electron chi connectivity index (χ4n) is 2.45. The van der Waals surface area contributed by atoms with Crippen LogP contribution >= 0.6 is 12.4 Å². The van der Waals surface area contributed by atoms with Gasteiger partial charge in [0.05, 0.1) is 19.3 Å². The first kappa shape index (κ1) is 17.8. The normalized spacial score (nSPS) is 15.1. The van der Waals surface area contributed by atoms with Gasteiger partial charge in [-0.05, 0) is 56.6 Å². The summed E-state index contributed by atoms with van der Waals surface area (Å²) in [6, 6.07) is 6.99. The van der Waals surface area contributed by atoms with Crippen molar-refractivity contribution in [3.8, 4) is 5.75 Å². The fraction of sp³-hybridized carbons (Fsp3) is 0.562. The number of piperidine rings is 1. The van der Waals surface area contributed by atoms with Crippen molar-refractivity contribution in [2.45, 2.75) is 25.7 Å². The van der Waals surface area contributed by atoms with Crippen LogP contribution in [0.3, 0.4) is 0 Å². The molecule has 0 bridgehead atoms. The molecule has 1 aromatic carbocycles. The van der Waals surface area contributed by atoms with Gasteiger partial charge in [-0.3, -0.25) is 0 Å². The summed E-state index contributed by atoms with van der Waals surface area (Å²) in [4.78, 5) is 14.3. The van der Waals surface area contributed by atoms with Crippen LogP contribution in [0.15, 0.2) is 24.3 Å². The maximum absolute atomic E-state index is 11.8. The van der Waals surface area contributed by atoms with E-state index in [0.717, 1.165) is 18.7 Å². The molecule has 2 rings (SSSR count). The van der Waals surface area contributed by atoms with E-state index in [-0.39, 0.29) is 18.4 Å². The molecule has 1 heterocycles. The summed E-state index contributed by atoms with van der Waals surface area (Å²) >= 11 is 0. The third-order valence-electron chi connectivity index (χ3n) is 3.63. The van der Waals surface area contributed by atoms with E-state index in [9.17, 15) is 4.79 Å². The molecule has 0 saturated carbocycles. The number of nitrogens with zero attached hydrogens (tertiary/aromatic N) is 1.